The highest BCUT2D eigenvalue weighted by Gasteiger charge is 2.14. The average molecular weight is 267 g/mol. The van der Waals surface area contributed by atoms with Crippen LogP contribution >= 0.6 is 0 Å². The number of halogens is 2. The fraction of sp³-hybridized carbons (Fsp3) is 0.308. The van der Waals surface area contributed by atoms with Crippen molar-refractivity contribution in [1.82, 2.24) is 9.78 Å². The molecule has 1 aromatic carbocycles. The summed E-state index contributed by atoms with van der Waals surface area (Å²) in [5.41, 5.74) is 8.53. The van der Waals surface area contributed by atoms with Gasteiger partial charge in [-0.1, -0.05) is 19.1 Å². The van der Waals surface area contributed by atoms with Crippen LogP contribution in [0, 0.1) is 0 Å². The highest BCUT2D eigenvalue weighted by Crippen LogP contribution is 2.31. The second-order valence-corrected chi connectivity index (χ2v) is 4.09. The number of aryl methyl sites for hydroxylation is 2. The molecule has 0 amide bonds. The highest BCUT2D eigenvalue weighted by molar-refractivity contribution is 5.77. The van der Waals surface area contributed by atoms with Crippen molar-refractivity contribution in [3.63, 3.8) is 0 Å². The Balaban J connectivity index is 2.37. The van der Waals surface area contributed by atoms with Crippen LogP contribution < -0.4 is 10.5 Å². The van der Waals surface area contributed by atoms with E-state index in [9.17, 15) is 8.78 Å². The van der Waals surface area contributed by atoms with Crippen LogP contribution in [-0.2, 0) is 13.5 Å². The molecule has 2 rings (SSSR count). The number of benzene rings is 1. The molecule has 0 saturated heterocycles. The van der Waals surface area contributed by atoms with Gasteiger partial charge in [0.25, 0.3) is 0 Å². The van der Waals surface area contributed by atoms with Crippen molar-refractivity contribution in [1.29, 1.82) is 0 Å². The number of hydrogen-bond donors (Lipinski definition) is 1. The van der Waals surface area contributed by atoms with Gasteiger partial charge in [0.05, 0.1) is 5.69 Å². The van der Waals surface area contributed by atoms with Gasteiger partial charge in [0.1, 0.15) is 11.6 Å². The van der Waals surface area contributed by atoms with Gasteiger partial charge in [-0.15, -0.1) is 0 Å². The van der Waals surface area contributed by atoms with Gasteiger partial charge in [0.2, 0.25) is 0 Å². The van der Waals surface area contributed by atoms with E-state index in [0.29, 0.717) is 5.82 Å². The van der Waals surface area contributed by atoms with E-state index in [4.69, 9.17) is 5.73 Å². The minimum absolute atomic E-state index is 0.124. The third-order valence-corrected chi connectivity index (χ3v) is 2.87. The van der Waals surface area contributed by atoms with Gasteiger partial charge >= 0.3 is 6.61 Å². The summed E-state index contributed by atoms with van der Waals surface area (Å²) in [6.07, 6.45) is 0.746. The van der Waals surface area contributed by atoms with E-state index < -0.39 is 6.61 Å². The summed E-state index contributed by atoms with van der Waals surface area (Å²) in [5, 5.41) is 4.32. The molecular formula is C13H15F2N3O. The summed E-state index contributed by atoms with van der Waals surface area (Å²) >= 11 is 0. The largest absolute Gasteiger partial charge is 0.435 e. The SMILES string of the molecule is CCc1nn(C)c(N)c1-c1ccc(OC(F)F)cc1. The molecule has 6 heteroatoms. The van der Waals surface area contributed by atoms with Gasteiger partial charge in [-0.3, -0.25) is 4.68 Å². The van der Waals surface area contributed by atoms with Gasteiger partial charge in [0.15, 0.2) is 0 Å². The molecule has 2 aromatic rings. The van der Waals surface area contributed by atoms with Crippen molar-refractivity contribution >= 4 is 5.82 Å². The van der Waals surface area contributed by atoms with Crippen molar-refractivity contribution in [2.75, 3.05) is 5.73 Å². The number of aromatic nitrogens is 2. The topological polar surface area (TPSA) is 53.1 Å². The van der Waals surface area contributed by atoms with E-state index in [1.54, 1.807) is 23.9 Å². The monoisotopic (exact) mass is 267 g/mol. The van der Waals surface area contributed by atoms with Crippen LogP contribution in [0.4, 0.5) is 14.6 Å². The summed E-state index contributed by atoms with van der Waals surface area (Å²) in [5.74, 6) is 0.679. The molecule has 0 spiro atoms. The van der Waals surface area contributed by atoms with Crippen molar-refractivity contribution < 1.29 is 13.5 Å². The van der Waals surface area contributed by atoms with E-state index in [1.807, 2.05) is 6.92 Å². The molecule has 0 saturated carbocycles. The van der Waals surface area contributed by atoms with Gasteiger partial charge in [0, 0.05) is 12.6 Å². The molecule has 0 aliphatic heterocycles. The molecule has 4 nitrogen and oxygen atoms in total. The van der Waals surface area contributed by atoms with Crippen LogP contribution in [0.15, 0.2) is 24.3 Å². The second kappa shape index (κ2) is 5.26. The van der Waals surface area contributed by atoms with E-state index >= 15 is 0 Å². The minimum Gasteiger partial charge on any atom is -0.435 e. The predicted octanol–water partition coefficient (Wildman–Crippen LogP) is 2.83. The third-order valence-electron chi connectivity index (χ3n) is 2.87. The maximum atomic E-state index is 12.1. The molecule has 19 heavy (non-hydrogen) atoms. The zero-order valence-corrected chi connectivity index (χ0v) is 10.7. The van der Waals surface area contributed by atoms with Crippen LogP contribution in [0.1, 0.15) is 12.6 Å². The van der Waals surface area contributed by atoms with Crippen molar-refractivity contribution in [2.24, 2.45) is 7.05 Å². The zero-order chi connectivity index (χ0) is 14.0. The normalized spacial score (nSPS) is 11.0. The first-order chi connectivity index (χ1) is 9.02. The number of hydrogen-bond acceptors (Lipinski definition) is 3. The molecule has 1 heterocycles. The van der Waals surface area contributed by atoms with Crippen LogP contribution in [0.3, 0.4) is 0 Å². The Bertz CT molecular complexity index is 564. The molecule has 0 unspecified atom stereocenters. The molecule has 0 radical (unpaired) electrons. The first kappa shape index (κ1) is 13.3. The Morgan fingerprint density at radius 3 is 2.47 bits per heavy atom. The lowest BCUT2D eigenvalue weighted by molar-refractivity contribution is -0.0498. The third kappa shape index (κ3) is 2.67. The summed E-state index contributed by atoms with van der Waals surface area (Å²) in [7, 11) is 1.77. The Morgan fingerprint density at radius 2 is 1.95 bits per heavy atom. The highest BCUT2D eigenvalue weighted by atomic mass is 19.3. The minimum atomic E-state index is -2.82. The summed E-state index contributed by atoms with van der Waals surface area (Å²) in [6.45, 7) is -0.833. The van der Waals surface area contributed by atoms with Crippen molar-refractivity contribution in [3.8, 4) is 16.9 Å². The Kier molecular flexibility index (Phi) is 3.69. The maximum absolute atomic E-state index is 12.1. The maximum Gasteiger partial charge on any atom is 0.387 e. The fourth-order valence-electron chi connectivity index (χ4n) is 1.96. The van der Waals surface area contributed by atoms with Gasteiger partial charge < -0.3 is 10.5 Å². The number of nitrogen functional groups attached to an aromatic ring is 1. The first-order valence-electron chi connectivity index (χ1n) is 5.89. The molecule has 2 N–H and O–H groups in total. The first-order valence-corrected chi connectivity index (χ1v) is 5.89. The average Bonchev–Trinajstić information content (AvgIpc) is 2.66. The van der Waals surface area contributed by atoms with E-state index in [-0.39, 0.29) is 5.75 Å². The Labute approximate surface area is 109 Å². The zero-order valence-electron chi connectivity index (χ0n) is 10.7. The van der Waals surface area contributed by atoms with Crippen molar-refractivity contribution in [2.45, 2.75) is 20.0 Å². The molecule has 0 bridgehead atoms. The second-order valence-electron chi connectivity index (χ2n) is 4.09. The molecule has 0 aliphatic carbocycles. The van der Waals surface area contributed by atoms with E-state index in [1.165, 1.54) is 12.1 Å². The van der Waals surface area contributed by atoms with E-state index in [2.05, 4.69) is 9.84 Å². The smallest absolute Gasteiger partial charge is 0.387 e. The standard InChI is InChI=1S/C13H15F2N3O/c1-3-10-11(12(16)18(2)17-10)8-4-6-9(7-5-8)19-13(14)15/h4-7,13H,3,16H2,1-2H3. The molecule has 1 aromatic heterocycles. The summed E-state index contributed by atoms with van der Waals surface area (Å²) < 4.78 is 30.1. The predicted molar refractivity (Wildman–Crippen MR) is 69.1 cm³/mol. The lowest BCUT2D eigenvalue weighted by Crippen LogP contribution is -2.01. The number of nitrogens with zero attached hydrogens (tertiary/aromatic N) is 2. The molecule has 0 atom stereocenters. The number of alkyl halides is 2. The van der Waals surface area contributed by atoms with Crippen LogP contribution in [0.2, 0.25) is 0 Å². The lowest BCUT2D eigenvalue weighted by Gasteiger charge is -2.06. The van der Waals surface area contributed by atoms with Crippen LogP contribution in [-0.4, -0.2) is 16.4 Å². The van der Waals surface area contributed by atoms with Gasteiger partial charge in [-0.25, -0.2) is 0 Å². The molecule has 0 fully saturated rings. The van der Waals surface area contributed by atoms with E-state index in [0.717, 1.165) is 23.2 Å². The number of rotatable bonds is 4. The number of nitrogens with two attached hydrogens (primary N) is 1. The van der Waals surface area contributed by atoms with Crippen molar-refractivity contribution in [3.05, 3.63) is 30.0 Å². The molecule has 102 valence electrons. The number of anilines is 1. The quantitative estimate of drug-likeness (QED) is 0.926. The Hall–Kier alpha value is -2.11. The summed E-state index contributed by atoms with van der Waals surface area (Å²) in [4.78, 5) is 0. The molecule has 0 aliphatic rings. The van der Waals surface area contributed by atoms with Crippen LogP contribution in [0.5, 0.6) is 5.75 Å². The number of ether oxygens (including phenoxy) is 1. The Morgan fingerprint density at radius 1 is 1.32 bits per heavy atom. The van der Waals surface area contributed by atoms with Gasteiger partial charge in [-0.05, 0) is 24.1 Å². The fourth-order valence-corrected chi connectivity index (χ4v) is 1.96. The molecular weight excluding hydrogens is 252 g/mol. The summed E-state index contributed by atoms with van der Waals surface area (Å²) in [6, 6.07) is 6.38. The lowest BCUT2D eigenvalue weighted by atomic mass is 10.0. The van der Waals surface area contributed by atoms with Crippen LogP contribution in [0.25, 0.3) is 11.1 Å². The van der Waals surface area contributed by atoms with Gasteiger partial charge in [-0.2, -0.15) is 13.9 Å².